The first-order valence-corrected chi connectivity index (χ1v) is 15.9. The summed E-state index contributed by atoms with van der Waals surface area (Å²) in [6, 6.07) is 11.2. The average Bonchev–Trinajstić information content (AvgIpc) is 2.91. The highest BCUT2D eigenvalue weighted by Crippen LogP contribution is 2.26. The van der Waals surface area contributed by atoms with Crippen LogP contribution in [-0.2, 0) is 29.6 Å². The third-order valence-electron chi connectivity index (χ3n) is 6.73. The fourth-order valence-electron chi connectivity index (χ4n) is 4.72. The maximum Gasteiger partial charge on any atom is 0.338 e. The Morgan fingerprint density at radius 2 is 1.21 bits per heavy atom. The first kappa shape index (κ1) is 30.9. The van der Waals surface area contributed by atoms with Crippen molar-refractivity contribution in [2.75, 3.05) is 16.1 Å². The molecule has 1 aliphatic rings. The number of likely N-dealkylation sites (tertiary alicyclic amines) is 1. The summed E-state index contributed by atoms with van der Waals surface area (Å²) in [6.45, 7) is 3.24. The van der Waals surface area contributed by atoms with Crippen LogP contribution in [-0.4, -0.2) is 52.3 Å². The number of rotatable bonds is 9. The second-order valence-corrected chi connectivity index (χ2v) is 13.3. The molecule has 1 aliphatic heterocycles. The smallest absolute Gasteiger partial charge is 0.338 e. The van der Waals surface area contributed by atoms with Crippen molar-refractivity contribution in [1.82, 2.24) is 4.90 Å². The molecule has 2 unspecified atom stereocenters. The third kappa shape index (κ3) is 7.42. The molecule has 3 aromatic rings. The zero-order valence-electron chi connectivity index (χ0n) is 22.7. The summed E-state index contributed by atoms with van der Waals surface area (Å²) < 4.78 is 88.0. The van der Waals surface area contributed by atoms with Gasteiger partial charge in [-0.1, -0.05) is 0 Å². The number of ether oxygens (including phenoxy) is 1. The van der Waals surface area contributed by atoms with E-state index in [1.807, 2.05) is 13.8 Å². The van der Waals surface area contributed by atoms with Gasteiger partial charge in [-0.3, -0.25) is 14.2 Å². The number of piperidine rings is 1. The van der Waals surface area contributed by atoms with Gasteiger partial charge in [0, 0.05) is 12.1 Å². The van der Waals surface area contributed by atoms with Crippen LogP contribution in [0.1, 0.15) is 43.5 Å². The second-order valence-electron chi connectivity index (χ2n) is 9.92. The lowest BCUT2D eigenvalue weighted by atomic mass is 9.97. The third-order valence-corrected chi connectivity index (χ3v) is 9.52. The number of nitrogens with one attached hydrogen (secondary N) is 2. The molecule has 1 fully saturated rings. The van der Waals surface area contributed by atoms with Crippen LogP contribution in [0.4, 0.5) is 20.2 Å². The van der Waals surface area contributed by atoms with Crippen molar-refractivity contribution >= 4 is 43.3 Å². The molecule has 42 heavy (non-hydrogen) atoms. The van der Waals surface area contributed by atoms with Crippen LogP contribution in [0.15, 0.2) is 76.5 Å². The van der Waals surface area contributed by atoms with Crippen molar-refractivity contribution < 1.29 is 39.9 Å². The Kier molecular flexibility index (Phi) is 9.16. The van der Waals surface area contributed by atoms with Crippen LogP contribution in [0, 0.1) is 11.6 Å². The minimum atomic E-state index is -4.29. The number of hydrogen-bond donors (Lipinski definition) is 2. The number of carbonyl (C=O) groups is 2. The molecule has 3 aromatic carbocycles. The molecule has 1 amide bonds. The van der Waals surface area contributed by atoms with Gasteiger partial charge in [-0.25, -0.2) is 30.4 Å². The van der Waals surface area contributed by atoms with Gasteiger partial charge in [0.1, 0.15) is 11.6 Å². The number of amides is 1. The van der Waals surface area contributed by atoms with Crippen LogP contribution >= 0.6 is 0 Å². The Morgan fingerprint density at radius 3 is 1.64 bits per heavy atom. The van der Waals surface area contributed by atoms with Crippen LogP contribution in [0.3, 0.4) is 0 Å². The zero-order chi connectivity index (χ0) is 30.7. The van der Waals surface area contributed by atoms with E-state index in [2.05, 4.69) is 9.44 Å². The lowest BCUT2D eigenvalue weighted by Gasteiger charge is -2.38. The van der Waals surface area contributed by atoms with E-state index in [9.17, 15) is 35.2 Å². The number of esters is 1. The lowest BCUT2D eigenvalue weighted by molar-refractivity contribution is -0.140. The van der Waals surface area contributed by atoms with Gasteiger partial charge in [-0.05, 0) is 99.8 Å². The Morgan fingerprint density at radius 1 is 0.786 bits per heavy atom. The van der Waals surface area contributed by atoms with E-state index in [1.54, 1.807) is 4.90 Å². The van der Waals surface area contributed by atoms with Crippen molar-refractivity contribution in [2.24, 2.45) is 0 Å². The molecule has 0 radical (unpaired) electrons. The van der Waals surface area contributed by atoms with Gasteiger partial charge in [-0.15, -0.1) is 0 Å². The molecule has 10 nitrogen and oxygen atoms in total. The minimum Gasteiger partial charge on any atom is -0.452 e. The molecule has 0 bridgehead atoms. The highest BCUT2D eigenvalue weighted by molar-refractivity contribution is 7.93. The Balaban J connectivity index is 1.62. The van der Waals surface area contributed by atoms with Crippen LogP contribution in [0.2, 0.25) is 0 Å². The fraction of sp³-hybridized carbons (Fsp3) is 0.286. The van der Waals surface area contributed by atoms with E-state index in [0.717, 1.165) is 86.0 Å². The fourth-order valence-corrected chi connectivity index (χ4v) is 6.80. The molecule has 4 rings (SSSR count). The van der Waals surface area contributed by atoms with Gasteiger partial charge in [-0.2, -0.15) is 0 Å². The van der Waals surface area contributed by atoms with E-state index in [1.165, 1.54) is 0 Å². The molecule has 0 aliphatic carbocycles. The Hall–Kier alpha value is -4.04. The summed E-state index contributed by atoms with van der Waals surface area (Å²) in [5.41, 5.74) is -0.719. The number of benzene rings is 3. The molecule has 0 aromatic heterocycles. The number of sulfonamides is 2. The van der Waals surface area contributed by atoms with Gasteiger partial charge in [0.2, 0.25) is 0 Å². The maximum atomic E-state index is 13.3. The second kappa shape index (κ2) is 12.4. The summed E-state index contributed by atoms with van der Waals surface area (Å²) in [5.74, 6) is -2.71. The van der Waals surface area contributed by atoms with Crippen LogP contribution in [0.25, 0.3) is 0 Å². The van der Waals surface area contributed by atoms with E-state index in [0.29, 0.717) is 0 Å². The molecule has 0 spiro atoms. The SMILES string of the molecule is CC1CCCC(C)N1C(=O)COC(=O)c1cc(NS(=O)(=O)c2ccc(F)cc2)cc(NS(=O)(=O)c2ccc(F)cc2)c1. The van der Waals surface area contributed by atoms with Crippen molar-refractivity contribution in [3.05, 3.63) is 83.9 Å². The molecule has 0 saturated carbocycles. The molecule has 1 heterocycles. The standard InChI is InChI=1S/C28H29F2N3O7S2/c1-18-4-3-5-19(2)33(18)27(34)17-40-28(35)20-14-23(31-41(36,37)25-10-6-21(29)7-11-25)16-24(15-20)32-42(38,39)26-12-8-22(30)9-13-26/h6-16,18-19,31-32H,3-5,17H2,1-2H3. The lowest BCUT2D eigenvalue weighted by Crippen LogP contribution is -2.49. The van der Waals surface area contributed by atoms with Crippen molar-refractivity contribution in [1.29, 1.82) is 0 Å². The van der Waals surface area contributed by atoms with Crippen molar-refractivity contribution in [3.8, 4) is 0 Å². The number of halogens is 2. The molecule has 224 valence electrons. The minimum absolute atomic E-state index is 0.0309. The normalized spacial score (nSPS) is 17.4. The number of hydrogen-bond acceptors (Lipinski definition) is 7. The number of anilines is 2. The van der Waals surface area contributed by atoms with Gasteiger partial charge in [0.25, 0.3) is 26.0 Å². The predicted octanol–water partition coefficient (Wildman–Crippen LogP) is 4.51. The molecule has 2 atom stereocenters. The average molecular weight is 622 g/mol. The van der Waals surface area contributed by atoms with E-state index >= 15 is 0 Å². The van der Waals surface area contributed by atoms with Gasteiger partial charge >= 0.3 is 5.97 Å². The van der Waals surface area contributed by atoms with Crippen LogP contribution in [0.5, 0.6) is 0 Å². The molecule has 14 heteroatoms. The van der Waals surface area contributed by atoms with E-state index in [4.69, 9.17) is 4.74 Å². The van der Waals surface area contributed by atoms with Crippen molar-refractivity contribution in [2.45, 2.75) is 55.0 Å². The van der Waals surface area contributed by atoms with Gasteiger partial charge < -0.3 is 9.64 Å². The monoisotopic (exact) mass is 621 g/mol. The molecule has 2 N–H and O–H groups in total. The Bertz CT molecular complexity index is 1580. The summed E-state index contributed by atoms with van der Waals surface area (Å²) in [5, 5.41) is 0. The quantitative estimate of drug-likeness (QED) is 0.335. The predicted molar refractivity (Wildman–Crippen MR) is 151 cm³/mol. The molecule has 1 saturated heterocycles. The first-order chi connectivity index (χ1) is 19.7. The van der Waals surface area contributed by atoms with E-state index < -0.39 is 50.2 Å². The summed E-state index contributed by atoms with van der Waals surface area (Å²) >= 11 is 0. The van der Waals surface area contributed by atoms with Crippen molar-refractivity contribution in [3.63, 3.8) is 0 Å². The summed E-state index contributed by atoms with van der Waals surface area (Å²) in [4.78, 5) is 26.9. The molecular weight excluding hydrogens is 592 g/mol. The van der Waals surface area contributed by atoms with Crippen LogP contribution < -0.4 is 9.44 Å². The zero-order valence-corrected chi connectivity index (χ0v) is 24.3. The molecular formula is C28H29F2N3O7S2. The number of carbonyl (C=O) groups excluding carboxylic acids is 2. The van der Waals surface area contributed by atoms with Gasteiger partial charge in [0.05, 0.1) is 26.7 Å². The summed E-state index contributed by atoms with van der Waals surface area (Å²) in [6.07, 6.45) is 2.61. The Labute approximate surface area is 242 Å². The van der Waals surface area contributed by atoms with E-state index in [-0.39, 0.29) is 38.8 Å². The topological polar surface area (TPSA) is 139 Å². The number of nitrogens with zero attached hydrogens (tertiary/aromatic N) is 1. The van der Waals surface area contributed by atoms with Gasteiger partial charge in [0.15, 0.2) is 6.61 Å². The largest absolute Gasteiger partial charge is 0.452 e. The first-order valence-electron chi connectivity index (χ1n) is 13.0. The highest BCUT2D eigenvalue weighted by atomic mass is 32.2. The summed E-state index contributed by atoms with van der Waals surface area (Å²) in [7, 11) is -8.58. The highest BCUT2D eigenvalue weighted by Gasteiger charge is 2.29. The maximum absolute atomic E-state index is 13.3.